The van der Waals surface area contributed by atoms with Crippen molar-refractivity contribution in [1.29, 1.82) is 5.26 Å². The van der Waals surface area contributed by atoms with Crippen LogP contribution in [0, 0.1) is 25.2 Å². The summed E-state index contributed by atoms with van der Waals surface area (Å²) in [5.41, 5.74) is 2.34. The van der Waals surface area contributed by atoms with Gasteiger partial charge in [-0.05, 0) is 67.3 Å². The number of rotatable bonds is 10. The van der Waals surface area contributed by atoms with Crippen molar-refractivity contribution in [2.45, 2.75) is 33.6 Å². The molecule has 1 N–H and O–H groups in total. The molecule has 0 heterocycles. The van der Waals surface area contributed by atoms with Gasteiger partial charge in [0, 0.05) is 11.0 Å². The standard InChI is InChI=1S/C25H27BrN2O5/c1-5-6-9-28-25(30)19(14-27)12-18-7-8-21(22(13-18)31-4)33-23(29)15-32-24-16(2)10-20(26)11-17(24)3/h7-8,10-13H,5-6,9,15H2,1-4H3,(H,28,30)/b19-12+. The van der Waals surface area contributed by atoms with E-state index in [-0.39, 0.29) is 23.7 Å². The minimum absolute atomic E-state index is 0.0217. The number of carbonyl (C=O) groups is 2. The van der Waals surface area contributed by atoms with Gasteiger partial charge in [0.15, 0.2) is 18.1 Å². The monoisotopic (exact) mass is 514 g/mol. The summed E-state index contributed by atoms with van der Waals surface area (Å²) >= 11 is 3.43. The maximum Gasteiger partial charge on any atom is 0.349 e. The molecule has 0 radical (unpaired) electrons. The Kier molecular flexibility index (Phi) is 9.95. The Labute approximate surface area is 202 Å². The number of unbranched alkanes of at least 4 members (excludes halogenated alkanes) is 1. The first-order chi connectivity index (χ1) is 15.8. The predicted octanol–water partition coefficient (Wildman–Crippen LogP) is 4.88. The molecule has 0 aliphatic carbocycles. The lowest BCUT2D eigenvalue weighted by atomic mass is 10.1. The zero-order valence-electron chi connectivity index (χ0n) is 19.2. The lowest BCUT2D eigenvalue weighted by molar-refractivity contribution is -0.136. The highest BCUT2D eigenvalue weighted by molar-refractivity contribution is 9.10. The number of esters is 1. The second-order valence-electron chi connectivity index (χ2n) is 7.32. The number of hydrogen-bond donors (Lipinski definition) is 1. The van der Waals surface area contributed by atoms with Gasteiger partial charge < -0.3 is 19.5 Å². The summed E-state index contributed by atoms with van der Waals surface area (Å²) in [6.07, 6.45) is 3.23. The maximum absolute atomic E-state index is 12.3. The van der Waals surface area contributed by atoms with E-state index in [4.69, 9.17) is 14.2 Å². The van der Waals surface area contributed by atoms with Crippen molar-refractivity contribution in [3.05, 3.63) is 57.1 Å². The van der Waals surface area contributed by atoms with Crippen molar-refractivity contribution < 1.29 is 23.8 Å². The molecule has 0 saturated carbocycles. The SMILES string of the molecule is CCCCNC(=O)/C(C#N)=C/c1ccc(OC(=O)COc2c(C)cc(Br)cc2C)c(OC)c1. The molecule has 0 aliphatic rings. The molecule has 0 spiro atoms. The van der Waals surface area contributed by atoms with Gasteiger partial charge in [-0.15, -0.1) is 0 Å². The summed E-state index contributed by atoms with van der Waals surface area (Å²) in [5.74, 6) is 0.0986. The molecule has 0 unspecified atom stereocenters. The first-order valence-electron chi connectivity index (χ1n) is 10.5. The van der Waals surface area contributed by atoms with E-state index >= 15 is 0 Å². The molecule has 8 heteroatoms. The number of halogens is 1. The second kappa shape index (κ2) is 12.7. The lowest BCUT2D eigenvalue weighted by Gasteiger charge is -2.13. The van der Waals surface area contributed by atoms with Crippen LogP contribution >= 0.6 is 15.9 Å². The van der Waals surface area contributed by atoms with Gasteiger partial charge >= 0.3 is 5.97 Å². The number of aryl methyl sites for hydroxylation is 2. The molecule has 0 aliphatic heterocycles. The fraction of sp³-hybridized carbons (Fsp3) is 0.320. The van der Waals surface area contributed by atoms with Crippen molar-refractivity contribution in [3.63, 3.8) is 0 Å². The van der Waals surface area contributed by atoms with Gasteiger partial charge in [0.05, 0.1) is 7.11 Å². The first-order valence-corrected chi connectivity index (χ1v) is 11.3. The van der Waals surface area contributed by atoms with E-state index in [0.717, 1.165) is 28.4 Å². The quantitative estimate of drug-likeness (QED) is 0.159. The summed E-state index contributed by atoms with van der Waals surface area (Å²) in [6, 6.07) is 10.5. The molecule has 33 heavy (non-hydrogen) atoms. The highest BCUT2D eigenvalue weighted by Crippen LogP contribution is 2.30. The van der Waals surface area contributed by atoms with Gasteiger partial charge in [0.25, 0.3) is 5.91 Å². The third-order valence-corrected chi connectivity index (χ3v) is 5.12. The van der Waals surface area contributed by atoms with Gasteiger partial charge in [-0.2, -0.15) is 5.26 Å². The van der Waals surface area contributed by atoms with Crippen molar-refractivity contribution in [1.82, 2.24) is 5.32 Å². The topological polar surface area (TPSA) is 97.7 Å². The molecule has 0 bridgehead atoms. The third kappa shape index (κ3) is 7.65. The molecule has 7 nitrogen and oxygen atoms in total. The largest absolute Gasteiger partial charge is 0.493 e. The summed E-state index contributed by atoms with van der Waals surface area (Å²) in [7, 11) is 1.44. The van der Waals surface area contributed by atoms with Gasteiger partial charge in [-0.3, -0.25) is 4.79 Å². The average molecular weight is 515 g/mol. The fourth-order valence-corrected chi connectivity index (χ4v) is 3.74. The molecular formula is C25H27BrN2O5. The molecule has 0 saturated heterocycles. The molecule has 2 aromatic rings. The van der Waals surface area contributed by atoms with Crippen LogP contribution in [-0.2, 0) is 9.59 Å². The van der Waals surface area contributed by atoms with E-state index < -0.39 is 11.9 Å². The van der Waals surface area contributed by atoms with E-state index in [9.17, 15) is 14.9 Å². The Balaban J connectivity index is 2.09. The van der Waals surface area contributed by atoms with E-state index in [1.54, 1.807) is 18.2 Å². The Hall–Kier alpha value is -3.31. The number of nitrogens with zero attached hydrogens (tertiary/aromatic N) is 1. The number of nitriles is 1. The Morgan fingerprint density at radius 1 is 1.15 bits per heavy atom. The maximum atomic E-state index is 12.3. The van der Waals surface area contributed by atoms with Crippen LogP contribution in [0.4, 0.5) is 0 Å². The van der Waals surface area contributed by atoms with Crippen LogP contribution in [0.15, 0.2) is 40.4 Å². The number of carbonyl (C=O) groups excluding carboxylic acids is 2. The summed E-state index contributed by atoms with van der Waals surface area (Å²) < 4.78 is 17.3. The van der Waals surface area contributed by atoms with Gasteiger partial charge in [0.1, 0.15) is 17.4 Å². The van der Waals surface area contributed by atoms with Gasteiger partial charge in [-0.1, -0.05) is 35.3 Å². The Bertz CT molecular complexity index is 1070. The molecule has 0 fully saturated rings. The molecule has 0 atom stereocenters. The van der Waals surface area contributed by atoms with E-state index in [0.29, 0.717) is 17.9 Å². The van der Waals surface area contributed by atoms with Crippen molar-refractivity contribution >= 4 is 33.9 Å². The number of ether oxygens (including phenoxy) is 3. The molecular weight excluding hydrogens is 488 g/mol. The lowest BCUT2D eigenvalue weighted by Crippen LogP contribution is -2.25. The van der Waals surface area contributed by atoms with Crippen LogP contribution in [-0.4, -0.2) is 32.1 Å². The van der Waals surface area contributed by atoms with Crippen molar-refractivity contribution in [3.8, 4) is 23.3 Å². The Morgan fingerprint density at radius 3 is 2.45 bits per heavy atom. The van der Waals surface area contributed by atoms with Crippen LogP contribution in [0.2, 0.25) is 0 Å². The third-order valence-electron chi connectivity index (χ3n) is 4.66. The number of nitrogens with one attached hydrogen (secondary N) is 1. The van der Waals surface area contributed by atoms with Crippen LogP contribution in [0.25, 0.3) is 6.08 Å². The number of methoxy groups -OCH3 is 1. The van der Waals surface area contributed by atoms with Crippen LogP contribution < -0.4 is 19.5 Å². The fourth-order valence-electron chi connectivity index (χ4n) is 3.06. The number of hydrogen-bond acceptors (Lipinski definition) is 6. The molecule has 174 valence electrons. The molecule has 0 aromatic heterocycles. The first kappa shape index (κ1) is 25.9. The van der Waals surface area contributed by atoms with E-state index in [2.05, 4.69) is 21.2 Å². The molecule has 2 aromatic carbocycles. The zero-order valence-corrected chi connectivity index (χ0v) is 20.7. The smallest absolute Gasteiger partial charge is 0.349 e. The minimum atomic E-state index is -0.591. The summed E-state index contributed by atoms with van der Waals surface area (Å²) in [5, 5.41) is 12.0. The van der Waals surface area contributed by atoms with Crippen molar-refractivity contribution in [2.24, 2.45) is 0 Å². The van der Waals surface area contributed by atoms with Gasteiger partial charge in [-0.25, -0.2) is 4.79 Å². The van der Waals surface area contributed by atoms with Crippen LogP contribution in [0.3, 0.4) is 0 Å². The highest BCUT2D eigenvalue weighted by Gasteiger charge is 2.14. The van der Waals surface area contributed by atoms with Gasteiger partial charge in [0.2, 0.25) is 0 Å². The van der Waals surface area contributed by atoms with Crippen LogP contribution in [0.1, 0.15) is 36.5 Å². The number of benzene rings is 2. The molecule has 2 rings (SSSR count). The second-order valence-corrected chi connectivity index (χ2v) is 8.24. The summed E-state index contributed by atoms with van der Waals surface area (Å²) in [6.45, 7) is 6.04. The van der Waals surface area contributed by atoms with Crippen LogP contribution in [0.5, 0.6) is 17.2 Å². The Morgan fingerprint density at radius 2 is 1.85 bits per heavy atom. The number of amides is 1. The summed E-state index contributed by atoms with van der Waals surface area (Å²) in [4.78, 5) is 24.5. The van der Waals surface area contributed by atoms with Crippen molar-refractivity contribution in [2.75, 3.05) is 20.3 Å². The predicted molar refractivity (Wildman–Crippen MR) is 129 cm³/mol. The van der Waals surface area contributed by atoms with E-state index in [1.807, 2.05) is 39.0 Å². The zero-order chi connectivity index (χ0) is 24.4. The highest BCUT2D eigenvalue weighted by atomic mass is 79.9. The minimum Gasteiger partial charge on any atom is -0.493 e. The average Bonchev–Trinajstić information content (AvgIpc) is 2.77. The van der Waals surface area contributed by atoms with E-state index in [1.165, 1.54) is 13.2 Å². The molecule has 1 amide bonds. The normalized spacial score (nSPS) is 10.8.